The van der Waals surface area contributed by atoms with Gasteiger partial charge in [0, 0.05) is 20.8 Å². The first kappa shape index (κ1) is 11.9. The van der Waals surface area contributed by atoms with Crippen molar-refractivity contribution >= 4 is 40.0 Å². The molecule has 0 N–H and O–H groups in total. The van der Waals surface area contributed by atoms with Crippen molar-refractivity contribution in [3.05, 3.63) is 32.4 Å². The van der Waals surface area contributed by atoms with Crippen LogP contribution in [0.3, 0.4) is 0 Å². The van der Waals surface area contributed by atoms with Crippen LogP contribution in [0.4, 0.5) is 0 Å². The first-order valence-electron chi connectivity index (χ1n) is 4.21. The molecule has 0 atom stereocenters. The van der Waals surface area contributed by atoms with Crippen molar-refractivity contribution in [3.63, 3.8) is 0 Å². The van der Waals surface area contributed by atoms with Gasteiger partial charge in [-0.3, -0.25) is 4.79 Å². The van der Waals surface area contributed by atoms with Gasteiger partial charge >= 0.3 is 0 Å². The topological polar surface area (TPSA) is 26.3 Å². The van der Waals surface area contributed by atoms with E-state index in [1.807, 2.05) is 13.0 Å². The van der Waals surface area contributed by atoms with Gasteiger partial charge in [-0.05, 0) is 47.7 Å². The molecule has 2 nitrogen and oxygen atoms in total. The van der Waals surface area contributed by atoms with Gasteiger partial charge in [0.25, 0.3) is 0 Å². The van der Waals surface area contributed by atoms with Crippen LogP contribution >= 0.6 is 34.2 Å². The largest absolute Gasteiger partial charge is 0.374 e. The molecule has 0 radical (unpaired) electrons. The van der Waals surface area contributed by atoms with Crippen LogP contribution in [0.5, 0.6) is 0 Å². The van der Waals surface area contributed by atoms with E-state index in [4.69, 9.17) is 16.3 Å². The second-order valence-corrected chi connectivity index (χ2v) is 4.28. The summed E-state index contributed by atoms with van der Waals surface area (Å²) in [7, 11) is 0. The molecule has 0 aliphatic heterocycles. The van der Waals surface area contributed by atoms with Crippen LogP contribution in [0, 0.1) is 3.57 Å². The zero-order chi connectivity index (χ0) is 10.6. The maximum atomic E-state index is 11.6. The van der Waals surface area contributed by atoms with Crippen molar-refractivity contribution in [1.82, 2.24) is 0 Å². The minimum atomic E-state index is -0.0289. The Hall–Kier alpha value is -0.130. The van der Waals surface area contributed by atoms with E-state index < -0.39 is 0 Å². The second-order valence-electron chi connectivity index (χ2n) is 2.68. The van der Waals surface area contributed by atoms with E-state index in [9.17, 15) is 4.79 Å². The van der Waals surface area contributed by atoms with Gasteiger partial charge in [-0.15, -0.1) is 0 Å². The predicted octanol–water partition coefficient (Wildman–Crippen LogP) is 3.16. The van der Waals surface area contributed by atoms with Crippen molar-refractivity contribution in [2.45, 2.75) is 6.92 Å². The van der Waals surface area contributed by atoms with Crippen LogP contribution in [0.1, 0.15) is 17.3 Å². The van der Waals surface area contributed by atoms with Gasteiger partial charge in [0.1, 0.15) is 6.61 Å². The van der Waals surface area contributed by atoms with E-state index in [0.29, 0.717) is 17.2 Å². The summed E-state index contributed by atoms with van der Waals surface area (Å²) >= 11 is 7.91. The smallest absolute Gasteiger partial charge is 0.189 e. The Kier molecular flexibility index (Phi) is 4.84. The van der Waals surface area contributed by atoms with Crippen LogP contribution < -0.4 is 0 Å². The third-order valence-electron chi connectivity index (χ3n) is 1.67. The Bertz CT molecular complexity index is 339. The molecule has 0 spiro atoms. The Morgan fingerprint density at radius 1 is 1.57 bits per heavy atom. The number of hydrogen-bond acceptors (Lipinski definition) is 2. The molecule has 0 saturated heterocycles. The van der Waals surface area contributed by atoms with Crippen LogP contribution in [0.25, 0.3) is 0 Å². The molecule has 1 rings (SSSR count). The van der Waals surface area contributed by atoms with Gasteiger partial charge in [0.05, 0.1) is 0 Å². The number of halogens is 2. The molecule has 0 aromatic heterocycles. The molecule has 0 fully saturated rings. The summed E-state index contributed by atoms with van der Waals surface area (Å²) in [6.45, 7) is 2.52. The molecule has 76 valence electrons. The summed E-state index contributed by atoms with van der Waals surface area (Å²) in [5, 5.41) is 0.574. The second kappa shape index (κ2) is 5.68. The Morgan fingerprint density at radius 2 is 2.29 bits per heavy atom. The molecular weight excluding hydrogens is 314 g/mol. The number of ketones is 1. The summed E-state index contributed by atoms with van der Waals surface area (Å²) < 4.78 is 5.95. The Morgan fingerprint density at radius 3 is 2.93 bits per heavy atom. The van der Waals surface area contributed by atoms with Gasteiger partial charge in [0.2, 0.25) is 0 Å². The lowest BCUT2D eigenvalue weighted by atomic mass is 10.1. The van der Waals surface area contributed by atoms with Gasteiger partial charge in [-0.1, -0.05) is 11.6 Å². The van der Waals surface area contributed by atoms with Crippen LogP contribution in [0.2, 0.25) is 5.02 Å². The van der Waals surface area contributed by atoms with Crippen LogP contribution in [-0.2, 0) is 4.74 Å². The molecule has 0 heterocycles. The molecule has 0 saturated carbocycles. The predicted molar refractivity (Wildman–Crippen MR) is 65.0 cm³/mol. The molecular formula is C10H10ClIO2. The van der Waals surface area contributed by atoms with Crippen LogP contribution in [0.15, 0.2) is 18.2 Å². The maximum Gasteiger partial charge on any atom is 0.189 e. The molecule has 0 bridgehead atoms. The van der Waals surface area contributed by atoms with Crippen LogP contribution in [-0.4, -0.2) is 19.0 Å². The SMILES string of the molecule is CCOCC(=O)c1cc(Cl)ccc1I. The van der Waals surface area contributed by atoms with E-state index >= 15 is 0 Å². The normalized spacial score (nSPS) is 10.2. The van der Waals surface area contributed by atoms with Crippen molar-refractivity contribution < 1.29 is 9.53 Å². The summed E-state index contributed by atoms with van der Waals surface area (Å²) in [5.74, 6) is -0.0289. The molecule has 4 heteroatoms. The van der Waals surface area contributed by atoms with E-state index in [1.54, 1.807) is 12.1 Å². The summed E-state index contributed by atoms with van der Waals surface area (Å²) in [6.07, 6.45) is 0. The van der Waals surface area contributed by atoms with E-state index in [1.165, 1.54) is 0 Å². The maximum absolute atomic E-state index is 11.6. The number of hydrogen-bond donors (Lipinski definition) is 0. The number of benzene rings is 1. The minimum absolute atomic E-state index is 0.0289. The Balaban J connectivity index is 2.83. The summed E-state index contributed by atoms with van der Waals surface area (Å²) in [4.78, 5) is 11.6. The minimum Gasteiger partial charge on any atom is -0.374 e. The average Bonchev–Trinajstić information content (AvgIpc) is 2.18. The lowest BCUT2D eigenvalue weighted by molar-refractivity contribution is 0.0782. The molecule has 1 aromatic carbocycles. The molecule has 0 aliphatic carbocycles. The molecule has 0 aliphatic rings. The van der Waals surface area contributed by atoms with E-state index in [-0.39, 0.29) is 12.4 Å². The highest BCUT2D eigenvalue weighted by Gasteiger charge is 2.10. The standard InChI is InChI=1S/C10H10ClIO2/c1-2-14-6-10(13)8-5-7(11)3-4-9(8)12/h3-5H,2,6H2,1H3. The molecule has 1 aromatic rings. The van der Waals surface area contributed by atoms with Gasteiger partial charge < -0.3 is 4.74 Å². The summed E-state index contributed by atoms with van der Waals surface area (Å²) in [5.41, 5.74) is 0.631. The highest BCUT2D eigenvalue weighted by atomic mass is 127. The lowest BCUT2D eigenvalue weighted by Gasteiger charge is -2.04. The monoisotopic (exact) mass is 324 g/mol. The highest BCUT2D eigenvalue weighted by Crippen LogP contribution is 2.18. The summed E-state index contributed by atoms with van der Waals surface area (Å²) in [6, 6.07) is 5.26. The van der Waals surface area contributed by atoms with Crippen molar-refractivity contribution in [1.29, 1.82) is 0 Å². The van der Waals surface area contributed by atoms with Gasteiger partial charge in [-0.25, -0.2) is 0 Å². The van der Waals surface area contributed by atoms with Crippen molar-refractivity contribution in [2.75, 3.05) is 13.2 Å². The third-order valence-corrected chi connectivity index (χ3v) is 2.84. The number of ether oxygens (including phenoxy) is 1. The quantitative estimate of drug-likeness (QED) is 0.628. The average molecular weight is 325 g/mol. The van der Waals surface area contributed by atoms with E-state index in [0.717, 1.165) is 3.57 Å². The van der Waals surface area contributed by atoms with Crippen molar-refractivity contribution in [3.8, 4) is 0 Å². The first-order chi connectivity index (χ1) is 6.65. The zero-order valence-electron chi connectivity index (χ0n) is 7.72. The number of rotatable bonds is 4. The fourth-order valence-electron chi connectivity index (χ4n) is 0.984. The van der Waals surface area contributed by atoms with Crippen molar-refractivity contribution in [2.24, 2.45) is 0 Å². The molecule has 14 heavy (non-hydrogen) atoms. The lowest BCUT2D eigenvalue weighted by Crippen LogP contribution is -2.10. The molecule has 0 amide bonds. The fourth-order valence-corrected chi connectivity index (χ4v) is 1.79. The number of carbonyl (C=O) groups excluding carboxylic acids is 1. The zero-order valence-corrected chi connectivity index (χ0v) is 10.6. The van der Waals surface area contributed by atoms with Gasteiger partial charge in [0.15, 0.2) is 5.78 Å². The number of carbonyl (C=O) groups is 1. The van der Waals surface area contributed by atoms with E-state index in [2.05, 4.69) is 22.6 Å². The highest BCUT2D eigenvalue weighted by molar-refractivity contribution is 14.1. The third kappa shape index (κ3) is 3.22. The fraction of sp³-hybridized carbons (Fsp3) is 0.300. The first-order valence-corrected chi connectivity index (χ1v) is 5.66. The van der Waals surface area contributed by atoms with Gasteiger partial charge in [-0.2, -0.15) is 0 Å². The number of Topliss-reactive ketones (excluding diaryl/α,β-unsaturated/α-hetero) is 1. The molecule has 0 unspecified atom stereocenters. The Labute approximate surface area is 102 Å².